The molecule has 0 radical (unpaired) electrons. The lowest BCUT2D eigenvalue weighted by Gasteiger charge is -2.39. The molecule has 4 heteroatoms. The fourth-order valence-corrected chi connectivity index (χ4v) is 2.53. The SMILES string of the molecule is CCOCCN1CCN(C(CC)CCN)CC1. The molecular formula is C13H29N3O. The molecule has 1 unspecified atom stereocenters. The van der Waals surface area contributed by atoms with Crippen LogP contribution in [0.25, 0.3) is 0 Å². The van der Waals surface area contributed by atoms with Gasteiger partial charge in [-0.15, -0.1) is 0 Å². The van der Waals surface area contributed by atoms with E-state index in [0.29, 0.717) is 6.04 Å². The molecule has 0 saturated carbocycles. The topological polar surface area (TPSA) is 41.7 Å². The summed E-state index contributed by atoms with van der Waals surface area (Å²) in [6.45, 7) is 12.6. The molecule has 102 valence electrons. The Morgan fingerprint density at radius 3 is 2.41 bits per heavy atom. The highest BCUT2D eigenvalue weighted by Gasteiger charge is 2.21. The van der Waals surface area contributed by atoms with Crippen molar-refractivity contribution >= 4 is 0 Å². The van der Waals surface area contributed by atoms with Crippen molar-refractivity contribution in [1.82, 2.24) is 9.80 Å². The minimum absolute atomic E-state index is 0.689. The van der Waals surface area contributed by atoms with E-state index in [1.807, 2.05) is 0 Å². The second-order valence-electron chi connectivity index (χ2n) is 4.71. The van der Waals surface area contributed by atoms with Gasteiger partial charge in [0.1, 0.15) is 0 Å². The lowest BCUT2D eigenvalue weighted by molar-refractivity contribution is 0.0620. The van der Waals surface area contributed by atoms with E-state index in [9.17, 15) is 0 Å². The Hall–Kier alpha value is -0.160. The number of rotatable bonds is 8. The summed E-state index contributed by atoms with van der Waals surface area (Å²) in [7, 11) is 0. The predicted octanol–water partition coefficient (Wildman–Crippen LogP) is 0.768. The van der Waals surface area contributed by atoms with Gasteiger partial charge in [-0.1, -0.05) is 6.92 Å². The predicted molar refractivity (Wildman–Crippen MR) is 72.3 cm³/mol. The van der Waals surface area contributed by atoms with E-state index in [1.165, 1.54) is 32.6 Å². The van der Waals surface area contributed by atoms with E-state index in [1.54, 1.807) is 0 Å². The van der Waals surface area contributed by atoms with Crippen LogP contribution in [0.1, 0.15) is 26.7 Å². The van der Waals surface area contributed by atoms with Crippen LogP contribution in [-0.4, -0.2) is 68.3 Å². The molecule has 0 aromatic carbocycles. The maximum Gasteiger partial charge on any atom is 0.0593 e. The maximum atomic E-state index is 5.67. The molecule has 0 aromatic heterocycles. The van der Waals surface area contributed by atoms with Gasteiger partial charge in [0.15, 0.2) is 0 Å². The second-order valence-corrected chi connectivity index (χ2v) is 4.71. The third-order valence-corrected chi connectivity index (χ3v) is 3.65. The summed E-state index contributed by atoms with van der Waals surface area (Å²) >= 11 is 0. The molecule has 0 amide bonds. The Labute approximate surface area is 106 Å². The molecule has 17 heavy (non-hydrogen) atoms. The van der Waals surface area contributed by atoms with Crippen LogP contribution in [0.3, 0.4) is 0 Å². The third-order valence-electron chi connectivity index (χ3n) is 3.65. The molecule has 0 aromatic rings. The summed E-state index contributed by atoms with van der Waals surface area (Å²) in [5, 5.41) is 0. The van der Waals surface area contributed by atoms with Crippen molar-refractivity contribution in [2.24, 2.45) is 5.73 Å². The summed E-state index contributed by atoms with van der Waals surface area (Å²) in [4.78, 5) is 5.10. The Kier molecular flexibility index (Phi) is 7.77. The number of nitrogens with zero attached hydrogens (tertiary/aromatic N) is 2. The Bertz CT molecular complexity index is 182. The molecule has 1 atom stereocenters. The lowest BCUT2D eigenvalue weighted by Crippen LogP contribution is -2.51. The summed E-state index contributed by atoms with van der Waals surface area (Å²) in [5.41, 5.74) is 5.67. The fraction of sp³-hybridized carbons (Fsp3) is 1.00. The lowest BCUT2D eigenvalue weighted by atomic mass is 10.1. The molecule has 1 saturated heterocycles. The van der Waals surface area contributed by atoms with Crippen molar-refractivity contribution in [1.29, 1.82) is 0 Å². The molecule has 0 aliphatic carbocycles. The van der Waals surface area contributed by atoms with Crippen LogP contribution in [0.2, 0.25) is 0 Å². The summed E-state index contributed by atoms with van der Waals surface area (Å²) < 4.78 is 5.40. The monoisotopic (exact) mass is 243 g/mol. The van der Waals surface area contributed by atoms with Gasteiger partial charge in [-0.25, -0.2) is 0 Å². The van der Waals surface area contributed by atoms with E-state index in [0.717, 1.165) is 32.7 Å². The standard InChI is InChI=1S/C13H29N3O/c1-3-13(5-6-14)16-9-7-15(8-10-16)11-12-17-4-2/h13H,3-12,14H2,1-2H3. The van der Waals surface area contributed by atoms with E-state index in [2.05, 4.69) is 23.6 Å². The van der Waals surface area contributed by atoms with Crippen LogP contribution in [0.15, 0.2) is 0 Å². The second kappa shape index (κ2) is 8.86. The highest BCUT2D eigenvalue weighted by molar-refractivity contribution is 4.78. The number of ether oxygens (including phenoxy) is 1. The van der Waals surface area contributed by atoms with E-state index in [-0.39, 0.29) is 0 Å². The highest BCUT2D eigenvalue weighted by atomic mass is 16.5. The molecule has 0 spiro atoms. The first kappa shape index (κ1) is 14.9. The molecular weight excluding hydrogens is 214 g/mol. The number of hydrogen-bond donors (Lipinski definition) is 1. The summed E-state index contributed by atoms with van der Waals surface area (Å²) in [5.74, 6) is 0. The molecule has 1 rings (SSSR count). The summed E-state index contributed by atoms with van der Waals surface area (Å²) in [6.07, 6.45) is 2.35. The van der Waals surface area contributed by atoms with Gasteiger partial charge in [0.2, 0.25) is 0 Å². The van der Waals surface area contributed by atoms with Crippen molar-refractivity contribution in [2.75, 3.05) is 52.5 Å². The number of nitrogens with two attached hydrogens (primary N) is 1. The normalized spacial score (nSPS) is 20.6. The van der Waals surface area contributed by atoms with Crippen LogP contribution >= 0.6 is 0 Å². The third kappa shape index (κ3) is 5.34. The molecule has 1 aliphatic heterocycles. The molecule has 1 heterocycles. The molecule has 2 N–H and O–H groups in total. The van der Waals surface area contributed by atoms with E-state index < -0.39 is 0 Å². The zero-order chi connectivity index (χ0) is 12.5. The van der Waals surface area contributed by atoms with Gasteiger partial charge in [-0.2, -0.15) is 0 Å². The molecule has 1 aliphatic rings. The zero-order valence-corrected chi connectivity index (χ0v) is 11.5. The van der Waals surface area contributed by atoms with Gasteiger partial charge in [0.25, 0.3) is 0 Å². The van der Waals surface area contributed by atoms with Crippen LogP contribution in [0.5, 0.6) is 0 Å². The Morgan fingerprint density at radius 1 is 1.18 bits per heavy atom. The van der Waals surface area contributed by atoms with E-state index >= 15 is 0 Å². The van der Waals surface area contributed by atoms with Gasteiger partial charge in [-0.3, -0.25) is 9.80 Å². The highest BCUT2D eigenvalue weighted by Crippen LogP contribution is 2.11. The van der Waals surface area contributed by atoms with Gasteiger partial charge in [0.05, 0.1) is 6.61 Å². The van der Waals surface area contributed by atoms with Crippen molar-refractivity contribution < 1.29 is 4.74 Å². The van der Waals surface area contributed by atoms with Gasteiger partial charge >= 0.3 is 0 Å². The fourth-order valence-electron chi connectivity index (χ4n) is 2.53. The van der Waals surface area contributed by atoms with Crippen LogP contribution < -0.4 is 5.73 Å². The van der Waals surface area contributed by atoms with Crippen molar-refractivity contribution in [3.05, 3.63) is 0 Å². The first-order chi connectivity index (χ1) is 8.31. The quantitative estimate of drug-likeness (QED) is 0.639. The van der Waals surface area contributed by atoms with Crippen LogP contribution in [0, 0.1) is 0 Å². The van der Waals surface area contributed by atoms with E-state index in [4.69, 9.17) is 10.5 Å². The Morgan fingerprint density at radius 2 is 1.88 bits per heavy atom. The number of piperazine rings is 1. The van der Waals surface area contributed by atoms with Crippen molar-refractivity contribution in [3.8, 4) is 0 Å². The molecule has 1 fully saturated rings. The smallest absolute Gasteiger partial charge is 0.0593 e. The van der Waals surface area contributed by atoms with Crippen molar-refractivity contribution in [3.63, 3.8) is 0 Å². The first-order valence-electron chi connectivity index (χ1n) is 7.06. The minimum Gasteiger partial charge on any atom is -0.380 e. The van der Waals surface area contributed by atoms with Crippen molar-refractivity contribution in [2.45, 2.75) is 32.7 Å². The van der Waals surface area contributed by atoms with Crippen LogP contribution in [0.4, 0.5) is 0 Å². The zero-order valence-electron chi connectivity index (χ0n) is 11.5. The van der Waals surface area contributed by atoms with Crippen LogP contribution in [-0.2, 0) is 4.74 Å². The molecule has 0 bridgehead atoms. The maximum absolute atomic E-state index is 5.67. The van der Waals surface area contributed by atoms with Gasteiger partial charge in [-0.05, 0) is 26.3 Å². The summed E-state index contributed by atoms with van der Waals surface area (Å²) in [6, 6.07) is 0.689. The minimum atomic E-state index is 0.689. The molecule has 4 nitrogen and oxygen atoms in total. The largest absolute Gasteiger partial charge is 0.380 e. The average Bonchev–Trinajstić information content (AvgIpc) is 2.37. The number of hydrogen-bond acceptors (Lipinski definition) is 4. The van der Waals surface area contributed by atoms with Gasteiger partial charge < -0.3 is 10.5 Å². The first-order valence-corrected chi connectivity index (χ1v) is 7.06. The Balaban J connectivity index is 2.19. The average molecular weight is 243 g/mol. The van der Waals surface area contributed by atoms with Gasteiger partial charge in [0, 0.05) is 45.4 Å².